The molecule has 0 bridgehead atoms. The Morgan fingerprint density at radius 1 is 1.03 bits per heavy atom. The summed E-state index contributed by atoms with van der Waals surface area (Å²) in [6.45, 7) is 9.60. The molecule has 0 unspecified atom stereocenters. The first kappa shape index (κ1) is 22.1. The van der Waals surface area contributed by atoms with Crippen LogP contribution in [-0.4, -0.2) is 36.7 Å². The molecule has 1 saturated heterocycles. The van der Waals surface area contributed by atoms with Crippen LogP contribution in [0.1, 0.15) is 63.5 Å². The molecule has 1 aliphatic carbocycles. The average molecular weight is 424 g/mol. The second kappa shape index (κ2) is 10.0. The Morgan fingerprint density at radius 3 is 2.39 bits per heavy atom. The molecule has 2 aliphatic rings. The highest BCUT2D eigenvalue weighted by Crippen LogP contribution is 2.36. The fourth-order valence-electron chi connectivity index (χ4n) is 5.19. The molecule has 4 nitrogen and oxygen atoms in total. The lowest BCUT2D eigenvalue weighted by molar-refractivity contribution is -0.149. The quantitative estimate of drug-likeness (QED) is 0.544. The number of piperidine rings is 1. The third-order valence-electron chi connectivity index (χ3n) is 7.17. The van der Waals surface area contributed by atoms with E-state index in [9.17, 15) is 4.79 Å². The van der Waals surface area contributed by atoms with Crippen molar-refractivity contribution in [2.24, 2.45) is 11.8 Å². The van der Waals surface area contributed by atoms with E-state index in [4.69, 9.17) is 9.47 Å². The minimum absolute atomic E-state index is 0.0292. The molecule has 2 fully saturated rings. The van der Waals surface area contributed by atoms with E-state index in [-0.39, 0.29) is 11.9 Å². The van der Waals surface area contributed by atoms with E-state index in [2.05, 4.69) is 49.1 Å². The zero-order chi connectivity index (χ0) is 21.8. The Hall–Kier alpha value is -2.07. The van der Waals surface area contributed by atoms with Crippen molar-refractivity contribution in [3.63, 3.8) is 0 Å². The number of fused-ring (bicyclic) bond motifs is 1. The number of rotatable bonds is 6. The van der Waals surface area contributed by atoms with Crippen molar-refractivity contribution in [2.75, 3.05) is 19.7 Å². The zero-order valence-electron chi connectivity index (χ0n) is 19.4. The van der Waals surface area contributed by atoms with Crippen LogP contribution < -0.4 is 4.74 Å². The first-order valence-electron chi connectivity index (χ1n) is 12.1. The summed E-state index contributed by atoms with van der Waals surface area (Å²) in [6, 6.07) is 10.9. The number of carbonyl (C=O) groups excluding carboxylic acids is 1. The Labute approximate surface area is 186 Å². The molecule has 31 heavy (non-hydrogen) atoms. The molecule has 0 radical (unpaired) electrons. The van der Waals surface area contributed by atoms with Crippen LogP contribution >= 0.6 is 0 Å². The molecule has 4 heteroatoms. The summed E-state index contributed by atoms with van der Waals surface area (Å²) in [5.41, 5.74) is 2.58. The molecule has 4 rings (SSSR count). The number of esters is 1. The van der Waals surface area contributed by atoms with Crippen molar-refractivity contribution in [1.29, 1.82) is 0 Å². The van der Waals surface area contributed by atoms with Gasteiger partial charge in [-0.05, 0) is 93.8 Å². The molecule has 1 aliphatic heterocycles. The summed E-state index contributed by atoms with van der Waals surface area (Å²) >= 11 is 0. The van der Waals surface area contributed by atoms with Crippen molar-refractivity contribution >= 4 is 16.7 Å². The molecular formula is C27H37NO3. The molecule has 1 heterocycles. The van der Waals surface area contributed by atoms with Crippen molar-refractivity contribution in [2.45, 2.75) is 71.9 Å². The molecule has 0 amide bonds. The van der Waals surface area contributed by atoms with E-state index in [1.54, 1.807) is 0 Å². The first-order chi connectivity index (χ1) is 15.0. The second-order valence-corrected chi connectivity index (χ2v) is 9.52. The summed E-state index contributed by atoms with van der Waals surface area (Å²) in [7, 11) is 0. The largest absolute Gasteiger partial charge is 0.490 e. The summed E-state index contributed by atoms with van der Waals surface area (Å²) in [5, 5.41) is 2.61. The van der Waals surface area contributed by atoms with Gasteiger partial charge in [0.15, 0.2) is 0 Å². The lowest BCUT2D eigenvalue weighted by Crippen LogP contribution is -2.36. The Balaban J connectivity index is 1.54. The molecule has 0 aromatic heterocycles. The van der Waals surface area contributed by atoms with Gasteiger partial charge in [-0.25, -0.2) is 0 Å². The zero-order valence-corrected chi connectivity index (χ0v) is 19.4. The van der Waals surface area contributed by atoms with Crippen LogP contribution in [0.5, 0.6) is 5.75 Å². The third kappa shape index (κ3) is 5.23. The lowest BCUT2D eigenvalue weighted by atomic mass is 9.89. The summed E-state index contributed by atoms with van der Waals surface area (Å²) < 4.78 is 11.9. The number of aryl methyl sites for hydroxylation is 1. The number of ether oxygens (including phenoxy) is 2. The highest BCUT2D eigenvalue weighted by Gasteiger charge is 2.27. The maximum atomic E-state index is 12.1. The number of benzene rings is 2. The maximum Gasteiger partial charge on any atom is 0.309 e. The van der Waals surface area contributed by atoms with Gasteiger partial charge in [-0.1, -0.05) is 31.2 Å². The minimum Gasteiger partial charge on any atom is -0.490 e. The van der Waals surface area contributed by atoms with E-state index in [1.807, 2.05) is 6.92 Å². The SMILES string of the molecule is CCOC(=O)C1CCN(Cc2c(OC3CCC(C)CC3)cc(C)c3ccccc23)CC1. The summed E-state index contributed by atoms with van der Waals surface area (Å²) in [5.74, 6) is 1.89. The third-order valence-corrected chi connectivity index (χ3v) is 7.17. The topological polar surface area (TPSA) is 38.8 Å². The highest BCUT2D eigenvalue weighted by molar-refractivity contribution is 5.90. The van der Waals surface area contributed by atoms with Gasteiger partial charge in [0, 0.05) is 12.1 Å². The van der Waals surface area contributed by atoms with Gasteiger partial charge >= 0.3 is 5.97 Å². The fourth-order valence-corrected chi connectivity index (χ4v) is 5.19. The minimum atomic E-state index is -0.0292. The smallest absolute Gasteiger partial charge is 0.309 e. The van der Waals surface area contributed by atoms with Crippen LogP contribution in [0.4, 0.5) is 0 Å². The second-order valence-electron chi connectivity index (χ2n) is 9.52. The number of hydrogen-bond donors (Lipinski definition) is 0. The molecule has 0 spiro atoms. The van der Waals surface area contributed by atoms with Crippen molar-refractivity contribution in [1.82, 2.24) is 4.90 Å². The van der Waals surface area contributed by atoms with Crippen LogP contribution in [0.2, 0.25) is 0 Å². The predicted molar refractivity (Wildman–Crippen MR) is 125 cm³/mol. The normalized spacial score (nSPS) is 23.1. The van der Waals surface area contributed by atoms with E-state index in [0.717, 1.165) is 57.0 Å². The van der Waals surface area contributed by atoms with Crippen molar-refractivity contribution in [3.8, 4) is 5.75 Å². The Kier molecular flexibility index (Phi) is 7.16. The van der Waals surface area contributed by atoms with Crippen LogP contribution in [0, 0.1) is 18.8 Å². The fraction of sp³-hybridized carbons (Fsp3) is 0.593. The van der Waals surface area contributed by atoms with E-state index >= 15 is 0 Å². The van der Waals surface area contributed by atoms with Crippen LogP contribution in [0.15, 0.2) is 30.3 Å². The lowest BCUT2D eigenvalue weighted by Gasteiger charge is -2.33. The van der Waals surface area contributed by atoms with E-state index < -0.39 is 0 Å². The standard InChI is InChI=1S/C27H37NO3/c1-4-30-27(29)21-13-15-28(16-14-21)18-25-24-8-6-5-7-23(24)20(3)17-26(25)31-22-11-9-19(2)10-12-22/h5-8,17,19,21-22H,4,9-16,18H2,1-3H3. The van der Waals surface area contributed by atoms with E-state index in [0.29, 0.717) is 12.7 Å². The summed E-state index contributed by atoms with van der Waals surface area (Å²) in [4.78, 5) is 14.6. The van der Waals surface area contributed by atoms with Gasteiger partial charge in [0.1, 0.15) is 5.75 Å². The molecule has 0 N–H and O–H groups in total. The molecule has 2 aromatic rings. The van der Waals surface area contributed by atoms with Gasteiger partial charge in [0.25, 0.3) is 0 Å². The Bertz CT molecular complexity index is 893. The molecule has 168 valence electrons. The van der Waals surface area contributed by atoms with Gasteiger partial charge < -0.3 is 9.47 Å². The maximum absolute atomic E-state index is 12.1. The molecule has 2 aromatic carbocycles. The molecule has 0 atom stereocenters. The first-order valence-corrected chi connectivity index (χ1v) is 12.1. The van der Waals surface area contributed by atoms with Gasteiger partial charge in [-0.3, -0.25) is 9.69 Å². The van der Waals surface area contributed by atoms with Crippen LogP contribution in [-0.2, 0) is 16.1 Å². The highest BCUT2D eigenvalue weighted by atomic mass is 16.5. The molecular weight excluding hydrogens is 386 g/mol. The van der Waals surface area contributed by atoms with Crippen molar-refractivity contribution < 1.29 is 14.3 Å². The number of nitrogens with zero attached hydrogens (tertiary/aromatic N) is 1. The van der Waals surface area contributed by atoms with Gasteiger partial charge in [0.05, 0.1) is 18.6 Å². The number of likely N-dealkylation sites (tertiary alicyclic amines) is 1. The average Bonchev–Trinajstić information content (AvgIpc) is 2.78. The Morgan fingerprint density at radius 2 is 1.71 bits per heavy atom. The van der Waals surface area contributed by atoms with E-state index in [1.165, 1.54) is 34.7 Å². The van der Waals surface area contributed by atoms with Crippen LogP contribution in [0.25, 0.3) is 10.8 Å². The molecule has 1 saturated carbocycles. The van der Waals surface area contributed by atoms with Crippen LogP contribution in [0.3, 0.4) is 0 Å². The van der Waals surface area contributed by atoms with Crippen molar-refractivity contribution in [3.05, 3.63) is 41.5 Å². The van der Waals surface area contributed by atoms with Gasteiger partial charge in [0.2, 0.25) is 0 Å². The van der Waals surface area contributed by atoms with Gasteiger partial charge in [-0.15, -0.1) is 0 Å². The predicted octanol–water partition coefficient (Wildman–Crippen LogP) is 5.88. The van der Waals surface area contributed by atoms with Gasteiger partial charge in [-0.2, -0.15) is 0 Å². The number of hydrogen-bond acceptors (Lipinski definition) is 4. The number of carbonyl (C=O) groups is 1. The monoisotopic (exact) mass is 423 g/mol. The summed E-state index contributed by atoms with van der Waals surface area (Å²) in [6.07, 6.45) is 6.89.